The molecule has 1 aliphatic rings. The summed E-state index contributed by atoms with van der Waals surface area (Å²) in [4.78, 5) is 2.41. The van der Waals surface area contributed by atoms with Crippen LogP contribution in [0.1, 0.15) is 25.0 Å². The number of nitrogens with zero attached hydrogens (tertiary/aromatic N) is 1. The molecule has 0 saturated carbocycles. The Morgan fingerprint density at radius 1 is 0.400 bits per heavy atom. The Hall–Kier alpha value is -6.90. The standard InChI is InChI=1S/C53H37NO/c1-53(2)48-23-8-7-19-45(48)46-30-29-40(33-49(46)53)54(39-16-9-15-37(32-39)42-20-10-14-34-12-3-5-17-41(34)42)38-27-24-36(25-28-38)44-21-11-22-47-51-43-18-6-4-13-35(43)26-31-50(51)55-52(44)47/h3-33H,1-2H3. The van der Waals surface area contributed by atoms with Crippen molar-refractivity contribution < 1.29 is 4.42 Å². The maximum Gasteiger partial charge on any atom is 0.143 e. The van der Waals surface area contributed by atoms with E-state index in [4.69, 9.17) is 4.42 Å². The van der Waals surface area contributed by atoms with E-state index in [2.05, 4.69) is 207 Å². The van der Waals surface area contributed by atoms with E-state index in [0.717, 1.165) is 44.7 Å². The van der Waals surface area contributed by atoms with Gasteiger partial charge in [-0.15, -0.1) is 0 Å². The van der Waals surface area contributed by atoms with Crippen LogP contribution in [0.4, 0.5) is 17.1 Å². The van der Waals surface area contributed by atoms with E-state index < -0.39 is 0 Å². The van der Waals surface area contributed by atoms with Crippen molar-refractivity contribution in [3.05, 3.63) is 199 Å². The van der Waals surface area contributed by atoms with Crippen molar-refractivity contribution in [2.24, 2.45) is 0 Å². The van der Waals surface area contributed by atoms with E-state index >= 15 is 0 Å². The Labute approximate surface area is 320 Å². The lowest BCUT2D eigenvalue weighted by Gasteiger charge is -2.28. The largest absolute Gasteiger partial charge is 0.455 e. The lowest BCUT2D eigenvalue weighted by Crippen LogP contribution is -2.16. The minimum Gasteiger partial charge on any atom is -0.455 e. The molecule has 10 aromatic rings. The summed E-state index contributed by atoms with van der Waals surface area (Å²) in [5.74, 6) is 0. The van der Waals surface area contributed by atoms with Crippen LogP contribution in [-0.2, 0) is 5.41 Å². The number of hydrogen-bond donors (Lipinski definition) is 0. The summed E-state index contributed by atoms with van der Waals surface area (Å²) >= 11 is 0. The van der Waals surface area contributed by atoms with E-state index in [1.807, 2.05) is 0 Å². The summed E-state index contributed by atoms with van der Waals surface area (Å²) in [6, 6.07) is 68.4. The van der Waals surface area contributed by atoms with Gasteiger partial charge in [0.25, 0.3) is 0 Å². The molecule has 1 aliphatic carbocycles. The first kappa shape index (κ1) is 31.6. The van der Waals surface area contributed by atoms with Crippen molar-refractivity contribution in [1.82, 2.24) is 0 Å². The molecule has 0 aliphatic heterocycles. The zero-order chi connectivity index (χ0) is 36.7. The third-order valence-electron chi connectivity index (χ3n) is 11.9. The van der Waals surface area contributed by atoms with E-state index in [0.29, 0.717) is 0 Å². The van der Waals surface area contributed by atoms with Gasteiger partial charge in [0, 0.05) is 38.8 Å². The van der Waals surface area contributed by atoms with Crippen LogP contribution in [0.2, 0.25) is 0 Å². The molecule has 0 unspecified atom stereocenters. The number of rotatable bonds is 5. The van der Waals surface area contributed by atoms with Crippen LogP contribution in [0.3, 0.4) is 0 Å². The second-order valence-corrected chi connectivity index (χ2v) is 15.3. The lowest BCUT2D eigenvalue weighted by atomic mass is 9.82. The summed E-state index contributed by atoms with van der Waals surface area (Å²) in [6.45, 7) is 4.70. The molecule has 11 rings (SSSR count). The average molecular weight is 704 g/mol. The minimum absolute atomic E-state index is 0.112. The fourth-order valence-corrected chi connectivity index (χ4v) is 9.15. The summed E-state index contributed by atoms with van der Waals surface area (Å²) in [5.41, 5.74) is 15.1. The van der Waals surface area contributed by atoms with Gasteiger partial charge in [-0.05, 0) is 103 Å². The topological polar surface area (TPSA) is 16.4 Å². The molecule has 55 heavy (non-hydrogen) atoms. The molecule has 0 amide bonds. The van der Waals surface area contributed by atoms with E-state index in [9.17, 15) is 0 Å². The van der Waals surface area contributed by atoms with Crippen molar-refractivity contribution in [3.63, 3.8) is 0 Å². The van der Waals surface area contributed by atoms with Gasteiger partial charge in [-0.25, -0.2) is 0 Å². The molecule has 0 bridgehead atoms. The van der Waals surface area contributed by atoms with Gasteiger partial charge in [-0.1, -0.05) is 159 Å². The quantitative estimate of drug-likeness (QED) is 0.177. The Kier molecular flexibility index (Phi) is 6.93. The van der Waals surface area contributed by atoms with Gasteiger partial charge in [0.05, 0.1) is 0 Å². The Morgan fingerprint density at radius 3 is 1.89 bits per heavy atom. The van der Waals surface area contributed by atoms with Crippen LogP contribution < -0.4 is 4.90 Å². The van der Waals surface area contributed by atoms with E-state index in [1.165, 1.54) is 60.3 Å². The second kappa shape index (κ2) is 12.1. The summed E-state index contributed by atoms with van der Waals surface area (Å²) in [6.07, 6.45) is 0. The highest BCUT2D eigenvalue weighted by atomic mass is 16.3. The third kappa shape index (κ3) is 4.88. The maximum absolute atomic E-state index is 6.63. The molecule has 2 nitrogen and oxygen atoms in total. The molecular weight excluding hydrogens is 667 g/mol. The van der Waals surface area contributed by atoms with Crippen molar-refractivity contribution in [3.8, 4) is 33.4 Å². The fourth-order valence-electron chi connectivity index (χ4n) is 9.15. The van der Waals surface area contributed by atoms with Gasteiger partial charge >= 0.3 is 0 Å². The lowest BCUT2D eigenvalue weighted by molar-refractivity contribution is 0.660. The Bertz CT molecular complexity index is 3120. The van der Waals surface area contributed by atoms with Crippen LogP contribution in [0.5, 0.6) is 0 Å². The van der Waals surface area contributed by atoms with Crippen LogP contribution >= 0.6 is 0 Å². The van der Waals surface area contributed by atoms with Crippen molar-refractivity contribution in [2.45, 2.75) is 19.3 Å². The number of benzene rings is 9. The normalized spacial score (nSPS) is 13.1. The maximum atomic E-state index is 6.63. The first-order chi connectivity index (χ1) is 27.0. The van der Waals surface area contributed by atoms with E-state index in [1.54, 1.807) is 0 Å². The minimum atomic E-state index is -0.112. The van der Waals surface area contributed by atoms with Gasteiger partial charge in [-0.3, -0.25) is 0 Å². The molecule has 1 heterocycles. The molecule has 0 N–H and O–H groups in total. The van der Waals surface area contributed by atoms with Crippen LogP contribution in [0.15, 0.2) is 192 Å². The molecule has 0 atom stereocenters. The number of para-hydroxylation sites is 1. The van der Waals surface area contributed by atoms with Gasteiger partial charge in [-0.2, -0.15) is 0 Å². The highest BCUT2D eigenvalue weighted by Crippen LogP contribution is 2.51. The van der Waals surface area contributed by atoms with Crippen LogP contribution in [0.25, 0.3) is 76.9 Å². The Balaban J connectivity index is 1.06. The van der Waals surface area contributed by atoms with Crippen molar-refractivity contribution in [2.75, 3.05) is 4.90 Å². The van der Waals surface area contributed by atoms with Crippen molar-refractivity contribution >= 4 is 60.5 Å². The highest BCUT2D eigenvalue weighted by molar-refractivity contribution is 6.20. The van der Waals surface area contributed by atoms with Gasteiger partial charge in [0.1, 0.15) is 11.2 Å². The summed E-state index contributed by atoms with van der Waals surface area (Å²) < 4.78 is 6.63. The zero-order valence-corrected chi connectivity index (χ0v) is 30.8. The smallest absolute Gasteiger partial charge is 0.143 e. The summed E-state index contributed by atoms with van der Waals surface area (Å²) in [7, 11) is 0. The molecule has 1 aromatic heterocycles. The highest BCUT2D eigenvalue weighted by Gasteiger charge is 2.35. The SMILES string of the molecule is CC1(C)c2ccccc2-c2ccc(N(c3ccc(-c4cccc5c4oc4ccc6ccccc6c45)cc3)c3cccc(-c4cccc5ccccc45)c3)cc21. The number of hydrogen-bond acceptors (Lipinski definition) is 2. The predicted molar refractivity (Wildman–Crippen MR) is 232 cm³/mol. The fraction of sp³-hybridized carbons (Fsp3) is 0.0566. The first-order valence-corrected chi connectivity index (χ1v) is 19.1. The van der Waals surface area contributed by atoms with Gasteiger partial charge < -0.3 is 9.32 Å². The predicted octanol–water partition coefficient (Wildman–Crippen LogP) is 15.0. The number of fused-ring (bicyclic) bond motifs is 9. The van der Waals surface area contributed by atoms with Gasteiger partial charge in [0.15, 0.2) is 0 Å². The number of furan rings is 1. The van der Waals surface area contributed by atoms with Crippen LogP contribution in [0, 0.1) is 0 Å². The number of anilines is 3. The molecule has 0 saturated heterocycles. The zero-order valence-electron chi connectivity index (χ0n) is 30.8. The summed E-state index contributed by atoms with van der Waals surface area (Å²) in [5, 5.41) is 7.24. The Morgan fingerprint density at radius 2 is 1.02 bits per heavy atom. The second-order valence-electron chi connectivity index (χ2n) is 15.3. The third-order valence-corrected chi connectivity index (χ3v) is 11.9. The molecule has 260 valence electrons. The monoisotopic (exact) mass is 703 g/mol. The van der Waals surface area contributed by atoms with Crippen molar-refractivity contribution in [1.29, 1.82) is 0 Å². The molecule has 9 aromatic carbocycles. The molecule has 0 fully saturated rings. The average Bonchev–Trinajstić information content (AvgIpc) is 3.73. The molecule has 0 spiro atoms. The first-order valence-electron chi connectivity index (χ1n) is 19.1. The van der Waals surface area contributed by atoms with Crippen LogP contribution in [-0.4, -0.2) is 0 Å². The molecule has 0 radical (unpaired) electrons. The molecular formula is C53H37NO. The van der Waals surface area contributed by atoms with Gasteiger partial charge in [0.2, 0.25) is 0 Å². The van der Waals surface area contributed by atoms with E-state index in [-0.39, 0.29) is 5.41 Å². The molecule has 2 heteroatoms.